The number of sulfone groups is 1. The van der Waals surface area contributed by atoms with E-state index in [0.29, 0.717) is 4.90 Å². The largest absolute Gasteiger partial charge is 0.486 e. The van der Waals surface area contributed by atoms with Crippen molar-refractivity contribution in [2.75, 3.05) is 25.9 Å². The molecule has 0 aliphatic carbocycles. The van der Waals surface area contributed by atoms with Gasteiger partial charge in [0.05, 0.1) is 4.90 Å². The molecule has 2 fully saturated rings. The van der Waals surface area contributed by atoms with Crippen molar-refractivity contribution in [3.8, 4) is 5.75 Å². The first-order chi connectivity index (χ1) is 8.97. The van der Waals surface area contributed by atoms with Gasteiger partial charge in [-0.3, -0.25) is 4.90 Å². The fourth-order valence-corrected chi connectivity index (χ4v) is 3.72. The fourth-order valence-electron chi connectivity index (χ4n) is 3.09. The van der Waals surface area contributed by atoms with Crippen molar-refractivity contribution in [1.29, 1.82) is 0 Å². The van der Waals surface area contributed by atoms with Crippen molar-refractivity contribution in [3.63, 3.8) is 0 Å². The van der Waals surface area contributed by atoms with Crippen molar-refractivity contribution in [3.05, 3.63) is 24.3 Å². The third kappa shape index (κ3) is 2.62. The summed E-state index contributed by atoms with van der Waals surface area (Å²) in [6.07, 6.45) is 4.57. The first-order valence-electron chi connectivity index (χ1n) is 6.68. The van der Waals surface area contributed by atoms with Gasteiger partial charge in [-0.05, 0) is 43.7 Å². The molecule has 5 heteroatoms. The van der Waals surface area contributed by atoms with Gasteiger partial charge in [0, 0.05) is 25.8 Å². The van der Waals surface area contributed by atoms with E-state index in [1.54, 1.807) is 24.3 Å². The quantitative estimate of drug-likeness (QED) is 0.846. The van der Waals surface area contributed by atoms with Crippen LogP contribution in [0.1, 0.15) is 19.3 Å². The summed E-state index contributed by atoms with van der Waals surface area (Å²) in [7, 11) is -3.13. The zero-order valence-electron chi connectivity index (χ0n) is 11.1. The van der Waals surface area contributed by atoms with Crippen LogP contribution in [-0.4, -0.2) is 44.8 Å². The Bertz CT molecular complexity index is 563. The predicted octanol–water partition coefficient (Wildman–Crippen LogP) is 1.71. The minimum Gasteiger partial charge on any atom is -0.486 e. The van der Waals surface area contributed by atoms with E-state index in [0.717, 1.165) is 31.7 Å². The molecule has 0 radical (unpaired) electrons. The Kier molecular flexibility index (Phi) is 3.06. The topological polar surface area (TPSA) is 46.6 Å². The predicted molar refractivity (Wildman–Crippen MR) is 73.2 cm³/mol. The highest BCUT2D eigenvalue weighted by molar-refractivity contribution is 7.90. The smallest absolute Gasteiger partial charge is 0.175 e. The number of rotatable bonds is 3. The first kappa shape index (κ1) is 12.9. The molecule has 0 aromatic heterocycles. The van der Waals surface area contributed by atoms with Crippen LogP contribution in [0.3, 0.4) is 0 Å². The molecule has 2 unspecified atom stereocenters. The molecule has 0 amide bonds. The van der Waals surface area contributed by atoms with Gasteiger partial charge >= 0.3 is 0 Å². The zero-order valence-corrected chi connectivity index (χ0v) is 11.9. The Hall–Kier alpha value is -1.07. The highest BCUT2D eigenvalue weighted by Gasteiger charge is 2.42. The molecule has 1 aromatic carbocycles. The van der Waals surface area contributed by atoms with Gasteiger partial charge < -0.3 is 4.74 Å². The third-order valence-electron chi connectivity index (χ3n) is 4.09. The Labute approximate surface area is 114 Å². The van der Waals surface area contributed by atoms with Crippen LogP contribution in [0.4, 0.5) is 0 Å². The van der Waals surface area contributed by atoms with Gasteiger partial charge in [0.15, 0.2) is 9.84 Å². The molecule has 4 nitrogen and oxygen atoms in total. The Morgan fingerprint density at radius 3 is 2.58 bits per heavy atom. The minimum absolute atomic E-state index is 0.0507. The van der Waals surface area contributed by atoms with E-state index in [9.17, 15) is 8.42 Å². The van der Waals surface area contributed by atoms with Gasteiger partial charge in [0.2, 0.25) is 0 Å². The molecule has 0 N–H and O–H groups in total. The van der Waals surface area contributed by atoms with E-state index < -0.39 is 9.84 Å². The summed E-state index contributed by atoms with van der Waals surface area (Å²) in [5.74, 6) is 0.774. The highest BCUT2D eigenvalue weighted by Crippen LogP contribution is 2.35. The van der Waals surface area contributed by atoms with E-state index in [-0.39, 0.29) is 5.60 Å². The van der Waals surface area contributed by atoms with E-state index in [2.05, 4.69) is 4.90 Å². The van der Waals surface area contributed by atoms with E-state index in [1.807, 2.05) is 0 Å². The second kappa shape index (κ2) is 4.49. The molecular weight excluding hydrogens is 262 g/mol. The average Bonchev–Trinajstić information content (AvgIpc) is 2.64. The van der Waals surface area contributed by atoms with E-state index >= 15 is 0 Å². The second-order valence-corrected chi connectivity index (χ2v) is 7.67. The lowest BCUT2D eigenvalue weighted by Gasteiger charge is -2.34. The lowest BCUT2D eigenvalue weighted by molar-refractivity contribution is 0.0452. The Morgan fingerprint density at radius 1 is 1.16 bits per heavy atom. The molecule has 2 bridgehead atoms. The first-order valence-corrected chi connectivity index (χ1v) is 8.58. The van der Waals surface area contributed by atoms with Crippen LogP contribution in [0.15, 0.2) is 29.2 Å². The molecule has 1 aromatic rings. The number of hydrogen-bond donors (Lipinski definition) is 0. The average molecular weight is 281 g/mol. The molecule has 2 aliphatic rings. The molecular formula is C14H19NO3S. The van der Waals surface area contributed by atoms with Crippen molar-refractivity contribution in [2.24, 2.45) is 0 Å². The van der Waals surface area contributed by atoms with Crippen LogP contribution in [0, 0.1) is 0 Å². The van der Waals surface area contributed by atoms with Gasteiger partial charge in [-0.2, -0.15) is 0 Å². The Balaban J connectivity index is 1.77. The number of piperidine rings is 1. The molecule has 104 valence electrons. The number of benzene rings is 1. The van der Waals surface area contributed by atoms with Gasteiger partial charge in [-0.15, -0.1) is 0 Å². The molecule has 0 spiro atoms. The Morgan fingerprint density at radius 2 is 1.89 bits per heavy atom. The van der Waals surface area contributed by atoms with Crippen LogP contribution < -0.4 is 4.74 Å². The molecule has 19 heavy (non-hydrogen) atoms. The SMILES string of the molecule is CS(=O)(=O)c1ccc(OC23CCCN(CC2)C3)cc1. The molecule has 3 rings (SSSR count). The molecule has 0 saturated carbocycles. The summed E-state index contributed by atoms with van der Waals surface area (Å²) in [6, 6.07) is 6.78. The van der Waals surface area contributed by atoms with Crippen molar-refractivity contribution < 1.29 is 13.2 Å². The zero-order chi connectivity index (χ0) is 13.5. The van der Waals surface area contributed by atoms with Crippen molar-refractivity contribution in [2.45, 2.75) is 29.8 Å². The summed E-state index contributed by atoms with van der Waals surface area (Å²) in [5, 5.41) is 0. The molecule has 2 saturated heterocycles. The number of hydrogen-bond acceptors (Lipinski definition) is 4. The molecule has 2 heterocycles. The van der Waals surface area contributed by atoms with Crippen LogP contribution in [0.25, 0.3) is 0 Å². The van der Waals surface area contributed by atoms with Crippen LogP contribution >= 0.6 is 0 Å². The lowest BCUT2D eigenvalue weighted by Crippen LogP contribution is -2.43. The van der Waals surface area contributed by atoms with Gasteiger partial charge in [0.25, 0.3) is 0 Å². The maximum atomic E-state index is 11.4. The van der Waals surface area contributed by atoms with Crippen LogP contribution in [0.2, 0.25) is 0 Å². The van der Waals surface area contributed by atoms with Gasteiger partial charge in [0.1, 0.15) is 11.4 Å². The summed E-state index contributed by atoms with van der Waals surface area (Å²) in [5.41, 5.74) is -0.0507. The van der Waals surface area contributed by atoms with Gasteiger partial charge in [-0.25, -0.2) is 8.42 Å². The number of ether oxygens (including phenoxy) is 1. The summed E-state index contributed by atoms with van der Waals surface area (Å²) >= 11 is 0. The summed E-state index contributed by atoms with van der Waals surface area (Å²) < 4.78 is 29.0. The fraction of sp³-hybridized carbons (Fsp3) is 0.571. The van der Waals surface area contributed by atoms with Gasteiger partial charge in [-0.1, -0.05) is 0 Å². The highest BCUT2D eigenvalue weighted by atomic mass is 32.2. The van der Waals surface area contributed by atoms with Crippen LogP contribution in [0.5, 0.6) is 5.75 Å². The number of fused-ring (bicyclic) bond motifs is 2. The van der Waals surface area contributed by atoms with Crippen molar-refractivity contribution in [1.82, 2.24) is 4.90 Å². The summed E-state index contributed by atoms with van der Waals surface area (Å²) in [4.78, 5) is 2.78. The van der Waals surface area contributed by atoms with Crippen LogP contribution in [-0.2, 0) is 9.84 Å². The standard InChI is InChI=1S/C14H19NO3S/c1-19(16,17)13-5-3-12(4-6-13)18-14-7-2-9-15(11-14)10-8-14/h3-6H,2,7-11H2,1H3. The lowest BCUT2D eigenvalue weighted by atomic mass is 9.94. The summed E-state index contributed by atoms with van der Waals surface area (Å²) in [6.45, 7) is 3.29. The minimum atomic E-state index is -3.13. The maximum absolute atomic E-state index is 11.4. The maximum Gasteiger partial charge on any atom is 0.175 e. The number of nitrogens with zero attached hydrogens (tertiary/aromatic N) is 1. The van der Waals surface area contributed by atoms with E-state index in [1.165, 1.54) is 19.2 Å². The van der Waals surface area contributed by atoms with E-state index in [4.69, 9.17) is 4.74 Å². The third-order valence-corrected chi connectivity index (χ3v) is 5.22. The monoisotopic (exact) mass is 281 g/mol. The second-order valence-electron chi connectivity index (χ2n) is 5.66. The van der Waals surface area contributed by atoms with Crippen molar-refractivity contribution >= 4 is 9.84 Å². The molecule has 2 aliphatic heterocycles. The molecule has 2 atom stereocenters. The normalized spacial score (nSPS) is 30.3.